The van der Waals surface area contributed by atoms with E-state index >= 15 is 0 Å². The molecular formula is C14H18N4. The summed E-state index contributed by atoms with van der Waals surface area (Å²) in [5.41, 5.74) is 11.0. The molecule has 0 aromatic carbocycles. The van der Waals surface area contributed by atoms with Crippen molar-refractivity contribution in [2.75, 3.05) is 12.8 Å². The van der Waals surface area contributed by atoms with E-state index in [1.807, 2.05) is 26.2 Å². The first kappa shape index (κ1) is 12.5. The molecule has 3 N–H and O–H groups in total. The zero-order chi connectivity index (χ0) is 13.1. The van der Waals surface area contributed by atoms with E-state index in [0.717, 1.165) is 28.1 Å². The molecule has 1 atom stereocenters. The highest BCUT2D eigenvalue weighted by Crippen LogP contribution is 2.26. The fourth-order valence-corrected chi connectivity index (χ4v) is 2.13. The SMILES string of the molecule is CNC(c1cnccc1N)c1ncc(C)cc1C. The highest BCUT2D eigenvalue weighted by Gasteiger charge is 2.18. The molecular weight excluding hydrogens is 224 g/mol. The Morgan fingerprint density at radius 1 is 1.28 bits per heavy atom. The third-order valence-corrected chi connectivity index (χ3v) is 3.02. The number of nitrogen functional groups attached to an aromatic ring is 1. The molecule has 2 rings (SSSR count). The van der Waals surface area contributed by atoms with Crippen LogP contribution in [0.5, 0.6) is 0 Å². The molecule has 2 heterocycles. The largest absolute Gasteiger partial charge is 0.398 e. The Morgan fingerprint density at radius 3 is 2.67 bits per heavy atom. The zero-order valence-corrected chi connectivity index (χ0v) is 10.9. The van der Waals surface area contributed by atoms with Crippen LogP contribution >= 0.6 is 0 Å². The molecule has 18 heavy (non-hydrogen) atoms. The first-order valence-corrected chi connectivity index (χ1v) is 5.93. The van der Waals surface area contributed by atoms with Gasteiger partial charge < -0.3 is 11.1 Å². The molecule has 2 aromatic heterocycles. The molecule has 0 spiro atoms. The summed E-state index contributed by atoms with van der Waals surface area (Å²) >= 11 is 0. The minimum absolute atomic E-state index is 0.0284. The summed E-state index contributed by atoms with van der Waals surface area (Å²) in [4.78, 5) is 8.66. The Bertz CT molecular complexity index is 551. The smallest absolute Gasteiger partial charge is 0.0787 e. The van der Waals surface area contributed by atoms with Crippen LogP contribution in [0.15, 0.2) is 30.7 Å². The molecule has 0 radical (unpaired) electrons. The predicted octanol–water partition coefficient (Wildman–Crippen LogP) is 1.98. The molecule has 1 unspecified atom stereocenters. The second-order valence-electron chi connectivity index (χ2n) is 4.44. The summed E-state index contributed by atoms with van der Waals surface area (Å²) < 4.78 is 0. The molecule has 0 aliphatic heterocycles. The van der Waals surface area contributed by atoms with E-state index in [4.69, 9.17) is 5.73 Å². The molecule has 4 nitrogen and oxygen atoms in total. The van der Waals surface area contributed by atoms with E-state index in [9.17, 15) is 0 Å². The third-order valence-electron chi connectivity index (χ3n) is 3.02. The summed E-state index contributed by atoms with van der Waals surface area (Å²) in [7, 11) is 1.90. The number of nitrogens with one attached hydrogen (secondary N) is 1. The zero-order valence-electron chi connectivity index (χ0n) is 10.9. The van der Waals surface area contributed by atoms with E-state index in [2.05, 4.69) is 28.3 Å². The molecule has 94 valence electrons. The monoisotopic (exact) mass is 242 g/mol. The average Bonchev–Trinajstić information content (AvgIpc) is 2.34. The van der Waals surface area contributed by atoms with Gasteiger partial charge >= 0.3 is 0 Å². The number of hydrogen-bond donors (Lipinski definition) is 2. The Labute approximate surface area is 107 Å². The quantitative estimate of drug-likeness (QED) is 0.864. The van der Waals surface area contributed by atoms with Crippen LogP contribution in [0.2, 0.25) is 0 Å². The van der Waals surface area contributed by atoms with E-state index in [1.54, 1.807) is 12.4 Å². The van der Waals surface area contributed by atoms with Gasteiger partial charge in [0.2, 0.25) is 0 Å². The van der Waals surface area contributed by atoms with Crippen LogP contribution in [-0.2, 0) is 0 Å². The third kappa shape index (κ3) is 2.33. The molecule has 0 aliphatic rings. The maximum Gasteiger partial charge on any atom is 0.0787 e. The number of pyridine rings is 2. The van der Waals surface area contributed by atoms with E-state index in [-0.39, 0.29) is 6.04 Å². The van der Waals surface area contributed by atoms with Crippen molar-refractivity contribution in [3.05, 3.63) is 53.1 Å². The van der Waals surface area contributed by atoms with Crippen LogP contribution in [0, 0.1) is 13.8 Å². The van der Waals surface area contributed by atoms with Crippen LogP contribution in [0.4, 0.5) is 5.69 Å². The number of aromatic nitrogens is 2. The topological polar surface area (TPSA) is 63.8 Å². The fourth-order valence-electron chi connectivity index (χ4n) is 2.13. The molecule has 4 heteroatoms. The molecule has 0 aliphatic carbocycles. The highest BCUT2D eigenvalue weighted by atomic mass is 14.9. The van der Waals surface area contributed by atoms with Gasteiger partial charge in [-0.05, 0) is 38.1 Å². The molecule has 0 saturated carbocycles. The van der Waals surface area contributed by atoms with E-state index < -0.39 is 0 Å². The minimum Gasteiger partial charge on any atom is -0.398 e. The van der Waals surface area contributed by atoms with Gasteiger partial charge in [-0.15, -0.1) is 0 Å². The Kier molecular flexibility index (Phi) is 3.58. The molecule has 0 amide bonds. The van der Waals surface area contributed by atoms with Crippen molar-refractivity contribution in [2.24, 2.45) is 0 Å². The Hall–Kier alpha value is -1.94. The number of rotatable bonds is 3. The minimum atomic E-state index is -0.0284. The molecule has 0 saturated heterocycles. The molecule has 2 aromatic rings. The predicted molar refractivity (Wildman–Crippen MR) is 73.3 cm³/mol. The first-order valence-electron chi connectivity index (χ1n) is 5.93. The normalized spacial score (nSPS) is 12.4. The van der Waals surface area contributed by atoms with Crippen LogP contribution in [0.1, 0.15) is 28.4 Å². The standard InChI is InChI=1S/C14H18N4/c1-9-6-10(2)13(18-7-9)14(16-3)11-8-17-5-4-12(11)15/h4-8,14,16H,1-3H3,(H2,15,17). The Morgan fingerprint density at radius 2 is 2.06 bits per heavy atom. The summed E-state index contributed by atoms with van der Waals surface area (Å²) in [6, 6.07) is 3.90. The fraction of sp³-hybridized carbons (Fsp3) is 0.286. The van der Waals surface area contributed by atoms with Crippen molar-refractivity contribution in [2.45, 2.75) is 19.9 Å². The van der Waals surface area contributed by atoms with Crippen LogP contribution in [0.25, 0.3) is 0 Å². The highest BCUT2D eigenvalue weighted by molar-refractivity contribution is 5.49. The number of anilines is 1. The van der Waals surface area contributed by atoms with Gasteiger partial charge in [0.25, 0.3) is 0 Å². The van der Waals surface area contributed by atoms with Crippen LogP contribution < -0.4 is 11.1 Å². The number of hydrogen-bond acceptors (Lipinski definition) is 4. The maximum atomic E-state index is 6.01. The van der Waals surface area contributed by atoms with Gasteiger partial charge in [0.05, 0.1) is 11.7 Å². The van der Waals surface area contributed by atoms with Crippen molar-refractivity contribution in [3.8, 4) is 0 Å². The van der Waals surface area contributed by atoms with Crippen LogP contribution in [-0.4, -0.2) is 17.0 Å². The second kappa shape index (κ2) is 5.14. The summed E-state index contributed by atoms with van der Waals surface area (Å²) in [6.07, 6.45) is 5.36. The average molecular weight is 242 g/mol. The maximum absolute atomic E-state index is 6.01. The van der Waals surface area contributed by atoms with Gasteiger partial charge in [-0.2, -0.15) is 0 Å². The van der Waals surface area contributed by atoms with Crippen molar-refractivity contribution in [1.29, 1.82) is 0 Å². The van der Waals surface area contributed by atoms with Gasteiger partial charge in [-0.1, -0.05) is 6.07 Å². The van der Waals surface area contributed by atoms with Crippen molar-refractivity contribution in [1.82, 2.24) is 15.3 Å². The van der Waals surface area contributed by atoms with Crippen LogP contribution in [0.3, 0.4) is 0 Å². The van der Waals surface area contributed by atoms with Gasteiger partial charge in [0.15, 0.2) is 0 Å². The van der Waals surface area contributed by atoms with Gasteiger partial charge in [-0.25, -0.2) is 0 Å². The van der Waals surface area contributed by atoms with E-state index in [1.165, 1.54) is 0 Å². The van der Waals surface area contributed by atoms with Gasteiger partial charge in [0.1, 0.15) is 0 Å². The summed E-state index contributed by atoms with van der Waals surface area (Å²) in [6.45, 7) is 4.10. The first-order chi connectivity index (χ1) is 8.63. The van der Waals surface area contributed by atoms with Gasteiger partial charge in [-0.3, -0.25) is 9.97 Å². The van der Waals surface area contributed by atoms with Crippen molar-refractivity contribution in [3.63, 3.8) is 0 Å². The lowest BCUT2D eigenvalue weighted by atomic mass is 9.99. The summed E-state index contributed by atoms with van der Waals surface area (Å²) in [5.74, 6) is 0. The van der Waals surface area contributed by atoms with Crippen molar-refractivity contribution < 1.29 is 0 Å². The van der Waals surface area contributed by atoms with Gasteiger partial charge in [0, 0.05) is 29.8 Å². The lowest BCUT2D eigenvalue weighted by Gasteiger charge is -2.19. The summed E-state index contributed by atoms with van der Waals surface area (Å²) in [5, 5.41) is 3.25. The number of nitrogens with zero attached hydrogens (tertiary/aromatic N) is 2. The lowest BCUT2D eigenvalue weighted by Crippen LogP contribution is -2.21. The lowest BCUT2D eigenvalue weighted by molar-refractivity contribution is 0.664. The van der Waals surface area contributed by atoms with Crippen molar-refractivity contribution >= 4 is 5.69 Å². The number of nitrogens with two attached hydrogens (primary N) is 1. The van der Waals surface area contributed by atoms with E-state index in [0.29, 0.717) is 0 Å². The number of aryl methyl sites for hydroxylation is 2. The second-order valence-corrected chi connectivity index (χ2v) is 4.44. The Balaban J connectivity index is 2.49. The molecule has 0 bridgehead atoms. The molecule has 0 fully saturated rings.